The predicted octanol–water partition coefficient (Wildman–Crippen LogP) is 1.18. The molecule has 3 unspecified atom stereocenters. The standard InChI is InChI=1S/C13H16N4O2/c1-9(6-17-8-14-7-15-17)16-13(18)11-5-10(11)12-3-2-4-19-12/h2-4,7-11H,5-6H2,1H3,(H,16,18). The van der Waals surface area contributed by atoms with Gasteiger partial charge in [-0.25, -0.2) is 4.98 Å². The minimum Gasteiger partial charge on any atom is -0.469 e. The molecule has 1 amide bonds. The Morgan fingerprint density at radius 2 is 2.58 bits per heavy atom. The fourth-order valence-corrected chi connectivity index (χ4v) is 2.30. The van der Waals surface area contributed by atoms with Gasteiger partial charge in [-0.2, -0.15) is 5.10 Å². The third-order valence-corrected chi connectivity index (χ3v) is 3.35. The number of furan rings is 1. The molecule has 0 radical (unpaired) electrons. The minimum absolute atomic E-state index is 0.0343. The Morgan fingerprint density at radius 3 is 3.26 bits per heavy atom. The van der Waals surface area contributed by atoms with E-state index in [0.717, 1.165) is 12.2 Å². The Morgan fingerprint density at radius 1 is 1.68 bits per heavy atom. The maximum absolute atomic E-state index is 12.1. The van der Waals surface area contributed by atoms with E-state index in [1.54, 1.807) is 17.3 Å². The number of nitrogens with one attached hydrogen (secondary N) is 1. The molecule has 1 aliphatic rings. The lowest BCUT2D eigenvalue weighted by atomic mass is 10.2. The Bertz CT molecular complexity index is 535. The van der Waals surface area contributed by atoms with Crippen LogP contribution in [0.15, 0.2) is 35.5 Å². The first-order valence-corrected chi connectivity index (χ1v) is 6.40. The SMILES string of the molecule is CC(Cn1cncn1)NC(=O)C1CC1c1ccco1. The van der Waals surface area contributed by atoms with E-state index in [1.165, 1.54) is 6.33 Å². The molecule has 0 saturated heterocycles. The first-order chi connectivity index (χ1) is 9.24. The molecule has 0 spiro atoms. The highest BCUT2D eigenvalue weighted by molar-refractivity contribution is 5.82. The van der Waals surface area contributed by atoms with Crippen molar-refractivity contribution in [3.05, 3.63) is 36.8 Å². The molecule has 3 rings (SSSR count). The van der Waals surface area contributed by atoms with Crippen molar-refractivity contribution >= 4 is 5.91 Å². The molecule has 6 heteroatoms. The zero-order chi connectivity index (χ0) is 13.2. The van der Waals surface area contributed by atoms with E-state index >= 15 is 0 Å². The number of amides is 1. The van der Waals surface area contributed by atoms with Gasteiger partial charge in [-0.05, 0) is 25.5 Å². The summed E-state index contributed by atoms with van der Waals surface area (Å²) in [5, 5.41) is 7.02. The highest BCUT2D eigenvalue weighted by atomic mass is 16.3. The molecule has 0 bridgehead atoms. The molecule has 2 aromatic heterocycles. The zero-order valence-electron chi connectivity index (χ0n) is 10.7. The smallest absolute Gasteiger partial charge is 0.224 e. The van der Waals surface area contributed by atoms with Crippen LogP contribution >= 0.6 is 0 Å². The summed E-state index contributed by atoms with van der Waals surface area (Å²) in [7, 11) is 0. The Hall–Kier alpha value is -2.11. The number of carbonyl (C=O) groups is 1. The van der Waals surface area contributed by atoms with Gasteiger partial charge in [0.1, 0.15) is 18.4 Å². The lowest BCUT2D eigenvalue weighted by molar-refractivity contribution is -0.123. The molecule has 3 atom stereocenters. The van der Waals surface area contributed by atoms with E-state index in [2.05, 4.69) is 15.4 Å². The van der Waals surface area contributed by atoms with Crippen molar-refractivity contribution in [3.8, 4) is 0 Å². The highest BCUT2D eigenvalue weighted by Gasteiger charge is 2.45. The van der Waals surface area contributed by atoms with Crippen molar-refractivity contribution in [1.82, 2.24) is 20.1 Å². The second kappa shape index (κ2) is 4.87. The van der Waals surface area contributed by atoms with E-state index in [0.29, 0.717) is 6.54 Å². The molecular weight excluding hydrogens is 244 g/mol. The van der Waals surface area contributed by atoms with Gasteiger partial charge in [0.05, 0.1) is 12.8 Å². The van der Waals surface area contributed by atoms with Gasteiger partial charge in [-0.15, -0.1) is 0 Å². The maximum atomic E-state index is 12.1. The predicted molar refractivity (Wildman–Crippen MR) is 67.2 cm³/mol. The van der Waals surface area contributed by atoms with Crippen LogP contribution in [0.2, 0.25) is 0 Å². The second-order valence-electron chi connectivity index (χ2n) is 4.99. The topological polar surface area (TPSA) is 73.0 Å². The van der Waals surface area contributed by atoms with Crippen molar-refractivity contribution in [1.29, 1.82) is 0 Å². The van der Waals surface area contributed by atoms with Gasteiger partial charge >= 0.3 is 0 Å². The molecule has 2 aromatic rings. The van der Waals surface area contributed by atoms with Gasteiger partial charge in [-0.1, -0.05) is 0 Å². The average Bonchev–Trinajstić information content (AvgIpc) is 2.81. The van der Waals surface area contributed by atoms with Crippen LogP contribution in [0.1, 0.15) is 25.0 Å². The first kappa shape index (κ1) is 12.0. The quantitative estimate of drug-likeness (QED) is 0.876. The van der Waals surface area contributed by atoms with Gasteiger partial charge < -0.3 is 9.73 Å². The van der Waals surface area contributed by atoms with Gasteiger partial charge in [0, 0.05) is 17.9 Å². The summed E-state index contributed by atoms with van der Waals surface area (Å²) in [6.07, 6.45) is 5.65. The summed E-state index contributed by atoms with van der Waals surface area (Å²) >= 11 is 0. The summed E-state index contributed by atoms with van der Waals surface area (Å²) in [5.41, 5.74) is 0. The number of rotatable bonds is 5. The van der Waals surface area contributed by atoms with Gasteiger partial charge in [0.25, 0.3) is 0 Å². The maximum Gasteiger partial charge on any atom is 0.224 e. The zero-order valence-corrected chi connectivity index (χ0v) is 10.7. The second-order valence-corrected chi connectivity index (χ2v) is 4.99. The van der Waals surface area contributed by atoms with Crippen LogP contribution in [-0.2, 0) is 11.3 Å². The van der Waals surface area contributed by atoms with Gasteiger partial charge in [0.2, 0.25) is 5.91 Å². The lowest BCUT2D eigenvalue weighted by Crippen LogP contribution is -2.37. The third kappa shape index (κ3) is 2.67. The fraction of sp³-hybridized carbons (Fsp3) is 0.462. The van der Waals surface area contributed by atoms with Gasteiger partial charge in [-0.3, -0.25) is 9.48 Å². The summed E-state index contributed by atoms with van der Waals surface area (Å²) < 4.78 is 7.04. The fourth-order valence-electron chi connectivity index (χ4n) is 2.30. The van der Waals surface area contributed by atoms with Crippen molar-refractivity contribution in [2.24, 2.45) is 5.92 Å². The Kier molecular flexibility index (Phi) is 3.06. The van der Waals surface area contributed by atoms with E-state index in [-0.39, 0.29) is 23.8 Å². The molecule has 1 N–H and O–H groups in total. The molecule has 0 aromatic carbocycles. The number of nitrogens with zero attached hydrogens (tertiary/aromatic N) is 3. The largest absolute Gasteiger partial charge is 0.469 e. The average molecular weight is 260 g/mol. The number of hydrogen-bond donors (Lipinski definition) is 1. The van der Waals surface area contributed by atoms with Crippen molar-refractivity contribution in [2.45, 2.75) is 31.8 Å². The summed E-state index contributed by atoms with van der Waals surface area (Å²) in [6.45, 7) is 2.59. The molecule has 0 aliphatic heterocycles. The molecule has 1 fully saturated rings. The Labute approximate surface area is 110 Å². The van der Waals surface area contributed by atoms with E-state index in [4.69, 9.17) is 4.42 Å². The summed E-state index contributed by atoms with van der Waals surface area (Å²) in [5.74, 6) is 1.29. The van der Waals surface area contributed by atoms with E-state index in [9.17, 15) is 4.79 Å². The van der Waals surface area contributed by atoms with Crippen molar-refractivity contribution in [3.63, 3.8) is 0 Å². The molecule has 100 valence electrons. The molecule has 2 heterocycles. The number of aromatic nitrogens is 3. The third-order valence-electron chi connectivity index (χ3n) is 3.35. The molecule has 19 heavy (non-hydrogen) atoms. The van der Waals surface area contributed by atoms with Crippen LogP contribution < -0.4 is 5.32 Å². The number of carbonyl (C=O) groups excluding carboxylic acids is 1. The van der Waals surface area contributed by atoms with Crippen LogP contribution in [0.25, 0.3) is 0 Å². The van der Waals surface area contributed by atoms with Gasteiger partial charge in [0.15, 0.2) is 0 Å². The lowest BCUT2D eigenvalue weighted by Gasteiger charge is -2.13. The number of hydrogen-bond acceptors (Lipinski definition) is 4. The molecule has 1 saturated carbocycles. The normalized spacial score (nSPS) is 23.0. The Balaban J connectivity index is 1.50. The van der Waals surface area contributed by atoms with Crippen LogP contribution in [0.3, 0.4) is 0 Å². The first-order valence-electron chi connectivity index (χ1n) is 6.40. The van der Waals surface area contributed by atoms with Crippen LogP contribution in [0.4, 0.5) is 0 Å². The van der Waals surface area contributed by atoms with Crippen LogP contribution in [0, 0.1) is 5.92 Å². The monoisotopic (exact) mass is 260 g/mol. The summed E-state index contributed by atoms with van der Waals surface area (Å²) in [6, 6.07) is 3.82. The van der Waals surface area contributed by atoms with Crippen molar-refractivity contribution in [2.75, 3.05) is 0 Å². The summed E-state index contributed by atoms with van der Waals surface area (Å²) in [4.78, 5) is 15.9. The van der Waals surface area contributed by atoms with Crippen LogP contribution in [-0.4, -0.2) is 26.7 Å². The molecule has 6 nitrogen and oxygen atoms in total. The molecule has 1 aliphatic carbocycles. The molecular formula is C13H16N4O2. The van der Waals surface area contributed by atoms with Crippen molar-refractivity contribution < 1.29 is 9.21 Å². The minimum atomic E-state index is 0.0343. The van der Waals surface area contributed by atoms with E-state index < -0.39 is 0 Å². The van der Waals surface area contributed by atoms with E-state index in [1.807, 2.05) is 19.1 Å². The van der Waals surface area contributed by atoms with Crippen LogP contribution in [0.5, 0.6) is 0 Å². The highest BCUT2D eigenvalue weighted by Crippen LogP contribution is 2.47.